The normalized spacial score (nSPS) is 17.0. The molecule has 1 aromatic carbocycles. The van der Waals surface area contributed by atoms with Crippen molar-refractivity contribution in [2.24, 2.45) is 0 Å². The zero-order valence-corrected chi connectivity index (χ0v) is 15.1. The lowest BCUT2D eigenvalue weighted by molar-refractivity contribution is -0.141. The number of anilines is 1. The third kappa shape index (κ3) is 4.73. The summed E-state index contributed by atoms with van der Waals surface area (Å²) >= 11 is 0. The molecule has 0 spiro atoms. The Morgan fingerprint density at radius 3 is 2.48 bits per heavy atom. The Hall–Kier alpha value is -2.54. The minimum absolute atomic E-state index is 0.170. The molecule has 1 aliphatic rings. The standard InChI is InChI=1S/C18H25N3O4/c1-5-24-10-11-25-17(22)15-12(2)19-18(23)20-16(15)13-6-8-14(9-7-13)21(3)4/h6-9,16H,5,10-11H2,1-4H3,(H2,19,20,23). The van der Waals surface area contributed by atoms with E-state index in [9.17, 15) is 9.59 Å². The number of carbonyl (C=O) groups is 2. The molecule has 0 saturated heterocycles. The predicted molar refractivity (Wildman–Crippen MR) is 95.3 cm³/mol. The lowest BCUT2D eigenvalue weighted by atomic mass is 9.95. The Morgan fingerprint density at radius 1 is 1.20 bits per heavy atom. The van der Waals surface area contributed by atoms with Crippen LogP contribution < -0.4 is 15.5 Å². The van der Waals surface area contributed by atoms with Crippen LogP contribution >= 0.6 is 0 Å². The number of benzene rings is 1. The quantitative estimate of drug-likeness (QED) is 0.582. The maximum atomic E-state index is 12.5. The number of carbonyl (C=O) groups excluding carboxylic acids is 2. The zero-order valence-electron chi connectivity index (χ0n) is 15.1. The number of nitrogens with zero attached hydrogens (tertiary/aromatic N) is 1. The van der Waals surface area contributed by atoms with Gasteiger partial charge in [0.05, 0.1) is 18.2 Å². The number of ether oxygens (including phenoxy) is 2. The number of nitrogens with one attached hydrogen (secondary N) is 2. The number of urea groups is 1. The van der Waals surface area contributed by atoms with Crippen LogP contribution in [0.25, 0.3) is 0 Å². The van der Waals surface area contributed by atoms with Crippen molar-refractivity contribution in [1.82, 2.24) is 10.6 Å². The molecule has 0 radical (unpaired) electrons. The summed E-state index contributed by atoms with van der Waals surface area (Å²) in [6.07, 6.45) is 0. The summed E-state index contributed by atoms with van der Waals surface area (Å²) in [7, 11) is 3.90. The lowest BCUT2D eigenvalue weighted by Crippen LogP contribution is -2.45. The average Bonchev–Trinajstić information content (AvgIpc) is 2.58. The van der Waals surface area contributed by atoms with E-state index in [0.29, 0.717) is 24.5 Å². The minimum Gasteiger partial charge on any atom is -0.460 e. The van der Waals surface area contributed by atoms with Gasteiger partial charge in [-0.05, 0) is 31.5 Å². The maximum absolute atomic E-state index is 12.5. The van der Waals surface area contributed by atoms with Crippen molar-refractivity contribution in [3.05, 3.63) is 41.1 Å². The molecule has 7 heteroatoms. The van der Waals surface area contributed by atoms with Crippen LogP contribution in [0.3, 0.4) is 0 Å². The van der Waals surface area contributed by atoms with Crippen LogP contribution in [-0.4, -0.2) is 45.9 Å². The summed E-state index contributed by atoms with van der Waals surface area (Å²) in [6.45, 7) is 4.65. The van der Waals surface area contributed by atoms with Gasteiger partial charge in [-0.3, -0.25) is 0 Å². The van der Waals surface area contributed by atoms with Crippen molar-refractivity contribution in [3.63, 3.8) is 0 Å². The highest BCUT2D eigenvalue weighted by Gasteiger charge is 2.32. The van der Waals surface area contributed by atoms with Gasteiger partial charge >= 0.3 is 12.0 Å². The fourth-order valence-electron chi connectivity index (χ4n) is 2.59. The summed E-state index contributed by atoms with van der Waals surface area (Å²) in [5.41, 5.74) is 2.74. The summed E-state index contributed by atoms with van der Waals surface area (Å²) in [6, 6.07) is 6.78. The van der Waals surface area contributed by atoms with Crippen LogP contribution in [0.4, 0.5) is 10.5 Å². The Morgan fingerprint density at radius 2 is 1.88 bits per heavy atom. The van der Waals surface area contributed by atoms with E-state index in [4.69, 9.17) is 9.47 Å². The molecule has 1 unspecified atom stereocenters. The number of hydrogen-bond acceptors (Lipinski definition) is 5. The van der Waals surface area contributed by atoms with E-state index in [-0.39, 0.29) is 12.6 Å². The van der Waals surface area contributed by atoms with E-state index in [1.54, 1.807) is 6.92 Å². The molecule has 1 aromatic rings. The van der Waals surface area contributed by atoms with E-state index >= 15 is 0 Å². The first-order chi connectivity index (χ1) is 11.9. The molecule has 136 valence electrons. The molecule has 0 aliphatic carbocycles. The van der Waals surface area contributed by atoms with Crippen molar-refractivity contribution in [2.45, 2.75) is 19.9 Å². The Balaban J connectivity index is 2.22. The molecule has 7 nitrogen and oxygen atoms in total. The van der Waals surface area contributed by atoms with Gasteiger partial charge in [0.2, 0.25) is 0 Å². The fraction of sp³-hybridized carbons (Fsp3) is 0.444. The van der Waals surface area contributed by atoms with Gasteiger partial charge < -0.3 is 25.0 Å². The first-order valence-corrected chi connectivity index (χ1v) is 8.24. The van der Waals surface area contributed by atoms with Gasteiger partial charge in [0.15, 0.2) is 0 Å². The first-order valence-electron chi connectivity index (χ1n) is 8.24. The molecule has 1 atom stereocenters. The summed E-state index contributed by atoms with van der Waals surface area (Å²) in [5.74, 6) is -0.466. The van der Waals surface area contributed by atoms with Crippen LogP contribution in [0, 0.1) is 0 Å². The smallest absolute Gasteiger partial charge is 0.338 e. The van der Waals surface area contributed by atoms with Crippen LogP contribution in [0.1, 0.15) is 25.5 Å². The molecule has 2 amide bonds. The molecule has 1 heterocycles. The van der Waals surface area contributed by atoms with Gasteiger partial charge in [-0.1, -0.05) is 12.1 Å². The number of rotatable bonds is 7. The van der Waals surface area contributed by atoms with Crippen molar-refractivity contribution in [3.8, 4) is 0 Å². The molecule has 0 saturated carbocycles. The molecule has 2 rings (SSSR count). The highest BCUT2D eigenvalue weighted by atomic mass is 16.6. The molecule has 0 aromatic heterocycles. The molecule has 2 N–H and O–H groups in total. The van der Waals surface area contributed by atoms with Crippen LogP contribution in [0.2, 0.25) is 0 Å². The van der Waals surface area contributed by atoms with Gasteiger partial charge in [-0.25, -0.2) is 9.59 Å². The topological polar surface area (TPSA) is 79.9 Å². The van der Waals surface area contributed by atoms with Gasteiger partial charge in [0.1, 0.15) is 6.61 Å². The van der Waals surface area contributed by atoms with Crippen molar-refractivity contribution < 1.29 is 19.1 Å². The minimum atomic E-state index is -0.551. The SMILES string of the molecule is CCOCCOC(=O)C1=C(C)NC(=O)NC1c1ccc(N(C)C)cc1. The molecule has 1 aliphatic heterocycles. The monoisotopic (exact) mass is 347 g/mol. The van der Waals surface area contributed by atoms with Crippen LogP contribution in [0.5, 0.6) is 0 Å². The van der Waals surface area contributed by atoms with Gasteiger partial charge in [0.25, 0.3) is 0 Å². The van der Waals surface area contributed by atoms with E-state index in [1.165, 1.54) is 0 Å². The summed E-state index contributed by atoms with van der Waals surface area (Å²) in [5, 5.41) is 5.42. The van der Waals surface area contributed by atoms with Gasteiger partial charge in [-0.15, -0.1) is 0 Å². The number of hydrogen-bond donors (Lipinski definition) is 2. The van der Waals surface area contributed by atoms with Gasteiger partial charge in [-0.2, -0.15) is 0 Å². The van der Waals surface area contributed by atoms with Crippen molar-refractivity contribution in [2.75, 3.05) is 38.8 Å². The van der Waals surface area contributed by atoms with Crippen molar-refractivity contribution >= 4 is 17.7 Å². The van der Waals surface area contributed by atoms with E-state index in [2.05, 4.69) is 10.6 Å². The predicted octanol–water partition coefficient (Wildman–Crippen LogP) is 1.96. The largest absolute Gasteiger partial charge is 0.460 e. The number of allylic oxidation sites excluding steroid dienone is 1. The molecular formula is C18H25N3O4. The van der Waals surface area contributed by atoms with E-state index < -0.39 is 12.0 Å². The average molecular weight is 347 g/mol. The van der Waals surface area contributed by atoms with Crippen LogP contribution in [0.15, 0.2) is 35.5 Å². The Bertz CT molecular complexity index is 653. The van der Waals surface area contributed by atoms with Crippen LogP contribution in [-0.2, 0) is 14.3 Å². The summed E-state index contributed by atoms with van der Waals surface area (Å²) in [4.78, 5) is 26.3. The Labute approximate surface area is 148 Å². The highest BCUT2D eigenvalue weighted by Crippen LogP contribution is 2.28. The second-order valence-electron chi connectivity index (χ2n) is 5.89. The summed E-state index contributed by atoms with van der Waals surface area (Å²) < 4.78 is 10.5. The second kappa shape index (κ2) is 8.53. The highest BCUT2D eigenvalue weighted by molar-refractivity contribution is 5.95. The van der Waals surface area contributed by atoms with Crippen molar-refractivity contribution in [1.29, 1.82) is 0 Å². The second-order valence-corrected chi connectivity index (χ2v) is 5.89. The van der Waals surface area contributed by atoms with E-state index in [1.807, 2.05) is 50.2 Å². The lowest BCUT2D eigenvalue weighted by Gasteiger charge is -2.28. The fourth-order valence-corrected chi connectivity index (χ4v) is 2.59. The van der Waals surface area contributed by atoms with Gasteiger partial charge in [0, 0.05) is 32.1 Å². The third-order valence-corrected chi connectivity index (χ3v) is 3.90. The Kier molecular flexibility index (Phi) is 6.41. The maximum Gasteiger partial charge on any atom is 0.338 e. The molecule has 0 bridgehead atoms. The molecular weight excluding hydrogens is 322 g/mol. The van der Waals surface area contributed by atoms with E-state index in [0.717, 1.165) is 11.3 Å². The zero-order chi connectivity index (χ0) is 18.4. The first kappa shape index (κ1) is 18.8. The third-order valence-electron chi connectivity index (χ3n) is 3.90. The molecule has 25 heavy (non-hydrogen) atoms. The molecule has 0 fully saturated rings. The number of esters is 1. The number of amides is 2.